The van der Waals surface area contributed by atoms with E-state index in [1.807, 2.05) is 0 Å². The number of alkyl halides is 3. The third-order valence-corrected chi connectivity index (χ3v) is 5.02. The number of fused-ring (bicyclic) bond motifs is 1. The normalized spacial score (nSPS) is 11.8. The van der Waals surface area contributed by atoms with Crippen molar-refractivity contribution in [2.45, 2.75) is 6.18 Å². The highest BCUT2D eigenvalue weighted by molar-refractivity contribution is 6.33. The number of phenols is 1. The van der Waals surface area contributed by atoms with Crippen LogP contribution in [0.5, 0.6) is 11.5 Å². The molecule has 0 aliphatic rings. The van der Waals surface area contributed by atoms with Crippen LogP contribution in [0.25, 0.3) is 10.8 Å². The van der Waals surface area contributed by atoms with Gasteiger partial charge in [-0.2, -0.15) is 13.2 Å². The van der Waals surface area contributed by atoms with Gasteiger partial charge in [-0.1, -0.05) is 54.1 Å². The second-order valence-electron chi connectivity index (χ2n) is 6.91. The van der Waals surface area contributed by atoms with Crippen LogP contribution >= 0.6 is 11.6 Å². The lowest BCUT2D eigenvalue weighted by Crippen LogP contribution is -2.08. The zero-order valence-electron chi connectivity index (χ0n) is 16.7. The van der Waals surface area contributed by atoms with Crippen LogP contribution in [-0.2, 0) is 6.18 Å². The molecule has 4 rings (SSSR count). The molecule has 0 unspecified atom stereocenters. The molecule has 33 heavy (non-hydrogen) atoms. The van der Waals surface area contributed by atoms with Gasteiger partial charge in [0.1, 0.15) is 22.7 Å². The Morgan fingerprint density at radius 3 is 2.33 bits per heavy atom. The molecule has 4 aromatic carbocycles. The average molecular weight is 471 g/mol. The minimum atomic E-state index is -4.59. The van der Waals surface area contributed by atoms with Gasteiger partial charge in [0.25, 0.3) is 0 Å². The fourth-order valence-corrected chi connectivity index (χ4v) is 3.25. The Bertz CT molecular complexity index is 1370. The van der Waals surface area contributed by atoms with Gasteiger partial charge in [-0.25, -0.2) is 4.79 Å². The standard InChI is InChI=1S/C24H14ClF3N2O3/c25-19-11-10-15(24(26,27)28)13-20(19)29-30-21-17-9-5-4-6-14(17)12-18(22(21)31)23(32)33-16-7-2-1-3-8-16/h1-13,31H. The van der Waals surface area contributed by atoms with Crippen LogP contribution in [0.1, 0.15) is 15.9 Å². The first-order valence-corrected chi connectivity index (χ1v) is 9.92. The summed E-state index contributed by atoms with van der Waals surface area (Å²) in [7, 11) is 0. The lowest BCUT2D eigenvalue weighted by molar-refractivity contribution is -0.137. The number of carbonyl (C=O) groups excluding carboxylic acids is 1. The number of phenolic OH excluding ortho intramolecular Hbond substituents is 1. The second-order valence-corrected chi connectivity index (χ2v) is 7.32. The highest BCUT2D eigenvalue weighted by Crippen LogP contribution is 2.41. The summed E-state index contributed by atoms with van der Waals surface area (Å²) in [6, 6.07) is 19.1. The van der Waals surface area contributed by atoms with E-state index in [9.17, 15) is 23.1 Å². The van der Waals surface area contributed by atoms with Crippen molar-refractivity contribution in [1.82, 2.24) is 0 Å². The molecule has 0 fully saturated rings. The van der Waals surface area contributed by atoms with E-state index in [0.29, 0.717) is 10.8 Å². The Labute approximate surface area is 190 Å². The number of aromatic hydroxyl groups is 1. The molecule has 0 saturated heterocycles. The van der Waals surface area contributed by atoms with E-state index in [1.165, 1.54) is 6.07 Å². The first kappa shape index (κ1) is 22.3. The number of nitrogens with zero attached hydrogens (tertiary/aromatic N) is 2. The number of carbonyl (C=O) groups is 1. The summed E-state index contributed by atoms with van der Waals surface area (Å²) in [4.78, 5) is 12.7. The Hall–Kier alpha value is -3.91. The average Bonchev–Trinajstić information content (AvgIpc) is 2.79. The molecule has 166 valence electrons. The van der Waals surface area contributed by atoms with Crippen LogP contribution in [0.3, 0.4) is 0 Å². The molecule has 0 atom stereocenters. The third kappa shape index (κ3) is 4.80. The van der Waals surface area contributed by atoms with Crippen LogP contribution in [0.4, 0.5) is 24.5 Å². The van der Waals surface area contributed by atoms with Gasteiger partial charge < -0.3 is 9.84 Å². The van der Waals surface area contributed by atoms with Crippen molar-refractivity contribution >= 4 is 39.7 Å². The molecular formula is C24H14ClF3N2O3. The Balaban J connectivity index is 1.79. The number of esters is 1. The molecule has 0 spiro atoms. The van der Waals surface area contributed by atoms with Crippen LogP contribution in [0.15, 0.2) is 89.1 Å². The Morgan fingerprint density at radius 2 is 1.61 bits per heavy atom. The summed E-state index contributed by atoms with van der Waals surface area (Å²) in [6.45, 7) is 0. The molecule has 1 N–H and O–H groups in total. The number of hydrogen-bond acceptors (Lipinski definition) is 5. The van der Waals surface area contributed by atoms with Gasteiger partial charge in [0, 0.05) is 5.39 Å². The smallest absolute Gasteiger partial charge is 0.416 e. The molecule has 0 amide bonds. The minimum Gasteiger partial charge on any atom is -0.505 e. The van der Waals surface area contributed by atoms with Crippen molar-refractivity contribution < 1.29 is 27.8 Å². The zero-order chi connectivity index (χ0) is 23.6. The van der Waals surface area contributed by atoms with Crippen LogP contribution in [0, 0.1) is 0 Å². The van der Waals surface area contributed by atoms with Gasteiger partial charge in [0.2, 0.25) is 0 Å². The predicted octanol–water partition coefficient (Wildman–Crippen LogP) is 7.85. The summed E-state index contributed by atoms with van der Waals surface area (Å²) in [6.07, 6.45) is -4.59. The molecule has 0 heterocycles. The second kappa shape index (κ2) is 8.91. The van der Waals surface area contributed by atoms with E-state index in [-0.39, 0.29) is 27.7 Å². The van der Waals surface area contributed by atoms with Gasteiger partial charge in [-0.05, 0) is 41.8 Å². The number of hydrogen-bond donors (Lipinski definition) is 1. The number of para-hydroxylation sites is 1. The number of ether oxygens (including phenoxy) is 1. The van der Waals surface area contributed by atoms with Crippen LogP contribution in [0.2, 0.25) is 5.02 Å². The van der Waals surface area contributed by atoms with E-state index >= 15 is 0 Å². The summed E-state index contributed by atoms with van der Waals surface area (Å²) in [5.41, 5.74) is -1.48. The van der Waals surface area contributed by atoms with Crippen molar-refractivity contribution in [2.75, 3.05) is 0 Å². The lowest BCUT2D eigenvalue weighted by atomic mass is 10.0. The van der Waals surface area contributed by atoms with Gasteiger partial charge >= 0.3 is 12.1 Å². The van der Waals surface area contributed by atoms with Crippen molar-refractivity contribution in [2.24, 2.45) is 10.2 Å². The first-order valence-electron chi connectivity index (χ1n) is 9.54. The first-order chi connectivity index (χ1) is 15.7. The molecule has 0 saturated carbocycles. The van der Waals surface area contributed by atoms with Gasteiger partial charge in [0.05, 0.1) is 10.6 Å². The summed E-state index contributed by atoms with van der Waals surface area (Å²) < 4.78 is 44.5. The molecule has 0 aliphatic carbocycles. The monoisotopic (exact) mass is 470 g/mol. The largest absolute Gasteiger partial charge is 0.505 e. The third-order valence-electron chi connectivity index (χ3n) is 4.70. The van der Waals surface area contributed by atoms with E-state index in [4.69, 9.17) is 16.3 Å². The maximum Gasteiger partial charge on any atom is 0.416 e. The molecule has 9 heteroatoms. The van der Waals surface area contributed by atoms with Crippen molar-refractivity contribution in [3.63, 3.8) is 0 Å². The van der Waals surface area contributed by atoms with Gasteiger partial charge in [-0.15, -0.1) is 10.2 Å². The number of halogens is 4. The molecule has 0 radical (unpaired) electrons. The molecular weight excluding hydrogens is 457 g/mol. The van der Waals surface area contributed by atoms with E-state index in [2.05, 4.69) is 10.2 Å². The Kier molecular flexibility index (Phi) is 6.02. The van der Waals surface area contributed by atoms with Crippen LogP contribution in [-0.4, -0.2) is 11.1 Å². The van der Waals surface area contributed by atoms with Crippen molar-refractivity contribution in [3.8, 4) is 11.5 Å². The number of azo groups is 1. The van der Waals surface area contributed by atoms with Crippen molar-refractivity contribution in [1.29, 1.82) is 0 Å². The van der Waals surface area contributed by atoms with E-state index in [0.717, 1.165) is 18.2 Å². The maximum atomic E-state index is 13.0. The SMILES string of the molecule is O=C(Oc1ccccc1)c1cc2ccccc2c(N=Nc2cc(C(F)(F)F)ccc2Cl)c1O. The highest BCUT2D eigenvalue weighted by Gasteiger charge is 2.31. The molecule has 0 aromatic heterocycles. The van der Waals surface area contributed by atoms with E-state index in [1.54, 1.807) is 54.6 Å². The predicted molar refractivity (Wildman–Crippen MR) is 118 cm³/mol. The fourth-order valence-electron chi connectivity index (χ4n) is 3.09. The Morgan fingerprint density at radius 1 is 0.909 bits per heavy atom. The minimum absolute atomic E-state index is 0.0600. The number of benzene rings is 4. The topological polar surface area (TPSA) is 71.2 Å². The molecule has 0 aliphatic heterocycles. The van der Waals surface area contributed by atoms with Gasteiger partial charge in [0.15, 0.2) is 5.75 Å². The maximum absolute atomic E-state index is 13.0. The van der Waals surface area contributed by atoms with Crippen molar-refractivity contribution in [3.05, 3.63) is 95.0 Å². The summed E-state index contributed by atoms with van der Waals surface area (Å²) in [5.74, 6) is -1.09. The molecule has 5 nitrogen and oxygen atoms in total. The molecule has 4 aromatic rings. The lowest BCUT2D eigenvalue weighted by Gasteiger charge is -2.11. The summed E-state index contributed by atoms with van der Waals surface area (Å²) >= 11 is 5.98. The van der Waals surface area contributed by atoms with E-state index < -0.39 is 23.5 Å². The quantitative estimate of drug-likeness (QED) is 0.187. The van der Waals surface area contributed by atoms with Crippen LogP contribution < -0.4 is 4.74 Å². The fraction of sp³-hybridized carbons (Fsp3) is 0.0417. The summed E-state index contributed by atoms with van der Waals surface area (Å²) in [5, 5.41) is 19.5. The zero-order valence-corrected chi connectivity index (χ0v) is 17.4. The highest BCUT2D eigenvalue weighted by atomic mass is 35.5. The molecule has 0 bridgehead atoms. The van der Waals surface area contributed by atoms with Gasteiger partial charge in [-0.3, -0.25) is 0 Å². The number of rotatable bonds is 4.